The summed E-state index contributed by atoms with van der Waals surface area (Å²) in [6.45, 7) is 7.64. The summed E-state index contributed by atoms with van der Waals surface area (Å²) < 4.78 is 1.95. The van der Waals surface area contributed by atoms with Gasteiger partial charge in [0.25, 0.3) is 0 Å². The number of benzene rings is 1. The van der Waals surface area contributed by atoms with Crippen LogP contribution >= 0.6 is 11.3 Å². The highest BCUT2D eigenvalue weighted by atomic mass is 32.1. The number of carbonyl (C=O) groups excluding carboxylic acids is 1. The molecule has 0 spiro atoms. The Labute approximate surface area is 206 Å². The van der Waals surface area contributed by atoms with Crippen molar-refractivity contribution in [1.29, 1.82) is 0 Å². The Hall–Kier alpha value is -3.98. The van der Waals surface area contributed by atoms with Crippen molar-refractivity contribution in [2.24, 2.45) is 10.9 Å². The molecule has 5 rings (SSSR count). The zero-order chi connectivity index (χ0) is 24.9. The number of carboxylic acid groups (broad SMARTS) is 1. The van der Waals surface area contributed by atoms with E-state index in [2.05, 4.69) is 29.0 Å². The van der Waals surface area contributed by atoms with Crippen LogP contribution in [0.4, 0.5) is 0 Å². The van der Waals surface area contributed by atoms with Gasteiger partial charge in [-0.15, -0.1) is 21.5 Å². The van der Waals surface area contributed by atoms with Gasteiger partial charge in [0.2, 0.25) is 0 Å². The van der Waals surface area contributed by atoms with Crippen molar-refractivity contribution in [2.75, 3.05) is 0 Å². The number of hydrogen-bond donors (Lipinski definition) is 1. The molecular weight excluding hydrogens is 462 g/mol. The predicted octanol–water partition coefficient (Wildman–Crippen LogP) is 4.74. The lowest BCUT2D eigenvalue weighted by atomic mass is 9.97. The highest BCUT2D eigenvalue weighted by molar-refractivity contribution is 7.15. The number of fused-ring (bicyclic) bond motifs is 3. The number of carboxylic acids is 1. The van der Waals surface area contributed by atoms with Gasteiger partial charge in [-0.3, -0.25) is 19.1 Å². The van der Waals surface area contributed by atoms with Crippen LogP contribution in [0.1, 0.15) is 56.7 Å². The van der Waals surface area contributed by atoms with E-state index in [1.807, 2.05) is 41.8 Å². The number of thiophene rings is 1. The van der Waals surface area contributed by atoms with Crippen LogP contribution in [-0.4, -0.2) is 42.8 Å². The number of aldehydes is 1. The van der Waals surface area contributed by atoms with E-state index < -0.39 is 17.9 Å². The number of aryl methyl sites for hydroxylation is 2. The van der Waals surface area contributed by atoms with Crippen molar-refractivity contribution in [1.82, 2.24) is 19.7 Å². The van der Waals surface area contributed by atoms with Gasteiger partial charge in [0.15, 0.2) is 12.1 Å². The van der Waals surface area contributed by atoms with Crippen LogP contribution in [0.2, 0.25) is 0 Å². The number of hydrogen-bond acceptors (Lipinski definition) is 7. The molecule has 176 valence electrons. The van der Waals surface area contributed by atoms with E-state index in [4.69, 9.17) is 4.99 Å². The monoisotopic (exact) mass is 485 g/mol. The molecule has 3 aromatic heterocycles. The van der Waals surface area contributed by atoms with E-state index in [1.165, 1.54) is 0 Å². The third-order valence-electron chi connectivity index (χ3n) is 6.40. The number of nitrogens with zero attached hydrogens (tertiary/aromatic N) is 5. The van der Waals surface area contributed by atoms with Crippen molar-refractivity contribution in [2.45, 2.75) is 33.7 Å². The van der Waals surface area contributed by atoms with E-state index in [1.54, 1.807) is 30.4 Å². The maximum absolute atomic E-state index is 12.0. The van der Waals surface area contributed by atoms with Gasteiger partial charge in [0.05, 0.1) is 17.3 Å². The Bertz CT molecular complexity index is 1500. The lowest BCUT2D eigenvalue weighted by Crippen LogP contribution is -2.21. The van der Waals surface area contributed by atoms with E-state index in [0.717, 1.165) is 44.1 Å². The van der Waals surface area contributed by atoms with E-state index in [-0.39, 0.29) is 0 Å². The first-order valence-corrected chi connectivity index (χ1v) is 12.0. The minimum absolute atomic E-state index is 0.373. The van der Waals surface area contributed by atoms with Crippen LogP contribution in [0.25, 0.3) is 16.3 Å². The number of aromatic nitrogens is 4. The molecule has 1 unspecified atom stereocenters. The molecule has 0 saturated carbocycles. The summed E-state index contributed by atoms with van der Waals surface area (Å²) in [5, 5.41) is 19.4. The molecule has 0 saturated heterocycles. The van der Waals surface area contributed by atoms with Crippen molar-refractivity contribution in [3.63, 3.8) is 0 Å². The normalized spacial score (nSPS) is 15.5. The Morgan fingerprint density at radius 2 is 1.80 bits per heavy atom. The summed E-state index contributed by atoms with van der Waals surface area (Å²) in [5.74, 6) is -0.517. The van der Waals surface area contributed by atoms with Gasteiger partial charge in [-0.2, -0.15) is 0 Å². The van der Waals surface area contributed by atoms with Crippen molar-refractivity contribution in [3.8, 4) is 16.3 Å². The number of carbonyl (C=O) groups is 2. The summed E-state index contributed by atoms with van der Waals surface area (Å²) in [6, 6.07) is 12.4. The summed E-state index contributed by atoms with van der Waals surface area (Å²) in [6.07, 6.45) is 0.727. The Balaban J connectivity index is 1.70. The maximum Gasteiger partial charge on any atom is 0.308 e. The Morgan fingerprint density at radius 1 is 1.09 bits per heavy atom. The second-order valence-corrected chi connectivity index (χ2v) is 9.80. The molecular formula is C26H23N5O3S. The Morgan fingerprint density at radius 3 is 2.49 bits per heavy atom. The first-order chi connectivity index (χ1) is 16.8. The number of pyridine rings is 1. The SMILES string of the molecule is Cc1sc2c(c1C)C(c1ccc(-c3cccc(C=O)n3)cc1)=N[C@@H](C(C)C(=O)O)c1nnc(C)n1-2. The molecule has 1 aliphatic heterocycles. The second-order valence-electron chi connectivity index (χ2n) is 8.60. The standard InChI is InChI=1S/C26H23N5O3S/c1-13-15(3)35-25-21(13)23(28-22(14(2)26(33)34)24-30-29-16(4)31(24)25)18-10-8-17(9-11-18)20-7-5-6-19(12-32)27-20/h5-12,14,22H,1-4H3,(H,33,34)/t14?,22-/m0/s1. The molecule has 0 aliphatic carbocycles. The molecule has 8 nitrogen and oxygen atoms in total. The summed E-state index contributed by atoms with van der Waals surface area (Å²) in [4.78, 5) is 33.7. The lowest BCUT2D eigenvalue weighted by Gasteiger charge is -2.16. The van der Waals surface area contributed by atoms with Crippen LogP contribution in [-0.2, 0) is 4.79 Å². The fourth-order valence-corrected chi connectivity index (χ4v) is 5.51. The minimum atomic E-state index is -0.944. The van der Waals surface area contributed by atoms with Crippen LogP contribution < -0.4 is 0 Å². The average molecular weight is 486 g/mol. The fraction of sp³-hybridized carbons (Fsp3) is 0.231. The van der Waals surface area contributed by atoms with Gasteiger partial charge in [-0.05, 0) is 45.4 Å². The first-order valence-electron chi connectivity index (χ1n) is 11.2. The third kappa shape index (κ3) is 3.77. The van der Waals surface area contributed by atoms with Gasteiger partial charge >= 0.3 is 5.97 Å². The second kappa shape index (κ2) is 8.66. The van der Waals surface area contributed by atoms with Gasteiger partial charge in [0.1, 0.15) is 22.6 Å². The zero-order valence-corrected chi connectivity index (χ0v) is 20.5. The number of aliphatic carboxylic acids is 1. The molecule has 0 radical (unpaired) electrons. The molecule has 4 heterocycles. The maximum atomic E-state index is 12.0. The van der Waals surface area contributed by atoms with Crippen LogP contribution in [0.15, 0.2) is 47.5 Å². The quantitative estimate of drug-likeness (QED) is 0.409. The van der Waals surface area contributed by atoms with Gasteiger partial charge in [-0.1, -0.05) is 30.3 Å². The highest BCUT2D eigenvalue weighted by Crippen LogP contribution is 2.40. The van der Waals surface area contributed by atoms with Crippen LogP contribution in [0.5, 0.6) is 0 Å². The molecule has 2 atom stereocenters. The molecule has 0 fully saturated rings. The topological polar surface area (TPSA) is 110 Å². The zero-order valence-electron chi connectivity index (χ0n) is 19.7. The molecule has 1 aliphatic rings. The predicted molar refractivity (Wildman–Crippen MR) is 134 cm³/mol. The van der Waals surface area contributed by atoms with E-state index in [0.29, 0.717) is 23.0 Å². The van der Waals surface area contributed by atoms with Crippen LogP contribution in [0.3, 0.4) is 0 Å². The molecule has 1 N–H and O–H groups in total. The summed E-state index contributed by atoms with van der Waals surface area (Å²) >= 11 is 1.63. The molecule has 0 bridgehead atoms. The van der Waals surface area contributed by atoms with Gasteiger partial charge in [-0.25, -0.2) is 4.98 Å². The fourth-order valence-electron chi connectivity index (χ4n) is 4.29. The molecule has 35 heavy (non-hydrogen) atoms. The largest absolute Gasteiger partial charge is 0.481 e. The average Bonchev–Trinajstić information content (AvgIpc) is 3.33. The summed E-state index contributed by atoms with van der Waals surface area (Å²) in [5.41, 5.74) is 5.59. The number of aliphatic imine (C=N–C) groups is 1. The van der Waals surface area contributed by atoms with E-state index in [9.17, 15) is 14.7 Å². The Kier molecular flexibility index (Phi) is 5.64. The molecule has 0 amide bonds. The lowest BCUT2D eigenvalue weighted by molar-refractivity contribution is -0.141. The van der Waals surface area contributed by atoms with Gasteiger partial charge < -0.3 is 5.11 Å². The van der Waals surface area contributed by atoms with Crippen LogP contribution in [0, 0.1) is 26.7 Å². The smallest absolute Gasteiger partial charge is 0.308 e. The molecule has 4 aromatic rings. The highest BCUT2D eigenvalue weighted by Gasteiger charge is 2.36. The van der Waals surface area contributed by atoms with Crippen molar-refractivity contribution in [3.05, 3.63) is 81.4 Å². The summed E-state index contributed by atoms with van der Waals surface area (Å²) in [7, 11) is 0. The minimum Gasteiger partial charge on any atom is -0.481 e. The van der Waals surface area contributed by atoms with Gasteiger partial charge in [0, 0.05) is 21.6 Å². The molecule has 1 aromatic carbocycles. The molecule has 9 heteroatoms. The third-order valence-corrected chi connectivity index (χ3v) is 7.59. The van der Waals surface area contributed by atoms with Crippen molar-refractivity contribution >= 4 is 29.3 Å². The van der Waals surface area contributed by atoms with E-state index >= 15 is 0 Å². The number of rotatable bonds is 5. The van der Waals surface area contributed by atoms with Crippen molar-refractivity contribution < 1.29 is 14.7 Å². The first kappa shape index (κ1) is 22.8.